The number of ketones is 2. The molecule has 3 aliphatic rings. The second-order valence-electron chi connectivity index (χ2n) is 9.92. The van der Waals surface area contributed by atoms with Gasteiger partial charge in [0.1, 0.15) is 11.5 Å². The van der Waals surface area contributed by atoms with Crippen LogP contribution in [0.1, 0.15) is 74.3 Å². The first-order chi connectivity index (χ1) is 15.5. The molecule has 0 heterocycles. The first kappa shape index (κ1) is 21.2. The highest BCUT2D eigenvalue weighted by Crippen LogP contribution is 2.62. The molecule has 3 fully saturated rings. The van der Waals surface area contributed by atoms with Gasteiger partial charge in [-0.05, 0) is 98.6 Å². The van der Waals surface area contributed by atoms with Crippen LogP contribution >= 0.6 is 0 Å². The van der Waals surface area contributed by atoms with Crippen molar-refractivity contribution < 1.29 is 19.1 Å². The van der Waals surface area contributed by atoms with E-state index in [0.29, 0.717) is 37.5 Å². The summed E-state index contributed by atoms with van der Waals surface area (Å²) in [5.41, 5.74) is 1.20. The maximum Gasteiger partial charge on any atom is 0.159 e. The molecule has 5 rings (SSSR count). The highest BCUT2D eigenvalue weighted by molar-refractivity contribution is 6.30. The standard InChI is InChI=1S/C28H32O4/c1-31-23-7-3-19(4-8-23)21-11-15-27(16-12-21)25(29)28(26(27)30)17-13-22(14-18-28)20-5-9-24(32-2)10-6-20/h3-10,21-22H,11-18H2,1-2H3. The van der Waals surface area contributed by atoms with Crippen molar-refractivity contribution in [1.82, 2.24) is 0 Å². The summed E-state index contributed by atoms with van der Waals surface area (Å²) in [7, 11) is 3.35. The molecule has 0 aromatic heterocycles. The molecule has 4 nitrogen and oxygen atoms in total. The Bertz CT molecular complexity index is 889. The van der Waals surface area contributed by atoms with Crippen LogP contribution in [0, 0.1) is 10.8 Å². The van der Waals surface area contributed by atoms with Crippen molar-refractivity contribution in [1.29, 1.82) is 0 Å². The third-order valence-electron chi connectivity index (χ3n) is 8.59. The first-order valence-corrected chi connectivity index (χ1v) is 11.9. The van der Waals surface area contributed by atoms with Crippen LogP contribution in [0.3, 0.4) is 0 Å². The van der Waals surface area contributed by atoms with Crippen molar-refractivity contribution in [2.45, 2.75) is 63.2 Å². The van der Waals surface area contributed by atoms with Crippen molar-refractivity contribution in [3.63, 3.8) is 0 Å². The minimum atomic E-state index is -0.685. The normalized spacial score (nSPS) is 32.1. The van der Waals surface area contributed by atoms with Crippen LogP contribution in [0.25, 0.3) is 0 Å². The van der Waals surface area contributed by atoms with Crippen LogP contribution in [-0.2, 0) is 9.59 Å². The Hall–Kier alpha value is -2.62. The van der Waals surface area contributed by atoms with Crippen molar-refractivity contribution in [3.05, 3.63) is 59.7 Å². The van der Waals surface area contributed by atoms with Gasteiger partial charge in [0.15, 0.2) is 11.6 Å². The fourth-order valence-corrected chi connectivity index (χ4v) is 6.61. The van der Waals surface area contributed by atoms with Crippen LogP contribution in [0.2, 0.25) is 0 Å². The zero-order valence-corrected chi connectivity index (χ0v) is 19.1. The van der Waals surface area contributed by atoms with Crippen molar-refractivity contribution in [2.75, 3.05) is 14.2 Å². The topological polar surface area (TPSA) is 52.6 Å². The molecule has 2 aromatic carbocycles. The van der Waals surface area contributed by atoms with E-state index in [0.717, 1.165) is 37.2 Å². The second-order valence-corrected chi connectivity index (χ2v) is 9.92. The van der Waals surface area contributed by atoms with E-state index in [1.807, 2.05) is 24.3 Å². The molecule has 0 N–H and O–H groups in total. The zero-order valence-electron chi connectivity index (χ0n) is 19.1. The largest absolute Gasteiger partial charge is 0.497 e. The van der Waals surface area contributed by atoms with Gasteiger partial charge in [0.25, 0.3) is 0 Å². The summed E-state index contributed by atoms with van der Waals surface area (Å²) < 4.78 is 10.5. The number of ether oxygens (including phenoxy) is 2. The number of hydrogen-bond donors (Lipinski definition) is 0. The SMILES string of the molecule is COc1ccc(C2CCC3(CC2)C(=O)C2(CCC(c4ccc(OC)cc4)CC2)C3=O)cc1. The highest BCUT2D eigenvalue weighted by Gasteiger charge is 2.70. The van der Waals surface area contributed by atoms with Crippen molar-refractivity contribution in [3.8, 4) is 11.5 Å². The van der Waals surface area contributed by atoms with Crippen molar-refractivity contribution >= 4 is 11.6 Å². The van der Waals surface area contributed by atoms with E-state index in [9.17, 15) is 9.59 Å². The van der Waals surface area contributed by atoms with E-state index in [-0.39, 0.29) is 11.6 Å². The number of methoxy groups -OCH3 is 2. The smallest absolute Gasteiger partial charge is 0.159 e. The second kappa shape index (κ2) is 8.06. The van der Waals surface area contributed by atoms with E-state index < -0.39 is 10.8 Å². The van der Waals surface area contributed by atoms with Gasteiger partial charge < -0.3 is 9.47 Å². The monoisotopic (exact) mass is 432 g/mol. The third-order valence-corrected chi connectivity index (χ3v) is 8.59. The van der Waals surface area contributed by atoms with Gasteiger partial charge in [0.2, 0.25) is 0 Å². The quantitative estimate of drug-likeness (QED) is 0.569. The lowest BCUT2D eigenvalue weighted by atomic mass is 9.42. The fraction of sp³-hybridized carbons (Fsp3) is 0.500. The maximum absolute atomic E-state index is 13.5. The van der Waals surface area contributed by atoms with E-state index in [2.05, 4.69) is 24.3 Å². The van der Waals surface area contributed by atoms with Crippen LogP contribution in [-0.4, -0.2) is 25.8 Å². The van der Waals surface area contributed by atoms with Gasteiger partial charge in [-0.15, -0.1) is 0 Å². The Morgan fingerprint density at radius 1 is 0.594 bits per heavy atom. The molecule has 3 saturated carbocycles. The Morgan fingerprint density at radius 3 is 1.19 bits per heavy atom. The van der Waals surface area contributed by atoms with Gasteiger partial charge in [-0.3, -0.25) is 9.59 Å². The number of carbonyl (C=O) groups is 2. The van der Waals surface area contributed by atoms with Gasteiger partial charge in [0.05, 0.1) is 25.0 Å². The average molecular weight is 433 g/mol. The van der Waals surface area contributed by atoms with E-state index in [1.54, 1.807) is 14.2 Å². The molecule has 2 spiro atoms. The van der Waals surface area contributed by atoms with E-state index >= 15 is 0 Å². The number of benzene rings is 2. The van der Waals surface area contributed by atoms with Gasteiger partial charge in [-0.1, -0.05) is 24.3 Å². The summed E-state index contributed by atoms with van der Waals surface area (Å²) in [5.74, 6) is 3.09. The lowest BCUT2D eigenvalue weighted by molar-refractivity contribution is -0.177. The van der Waals surface area contributed by atoms with E-state index in [4.69, 9.17) is 9.47 Å². The molecule has 4 heteroatoms. The fourth-order valence-electron chi connectivity index (χ4n) is 6.61. The minimum Gasteiger partial charge on any atom is -0.497 e. The van der Waals surface area contributed by atoms with Crippen LogP contribution < -0.4 is 9.47 Å². The van der Waals surface area contributed by atoms with Gasteiger partial charge in [0, 0.05) is 0 Å². The van der Waals surface area contributed by atoms with E-state index in [1.165, 1.54) is 11.1 Å². The first-order valence-electron chi connectivity index (χ1n) is 11.9. The van der Waals surface area contributed by atoms with Crippen LogP contribution in [0.5, 0.6) is 11.5 Å². The summed E-state index contributed by atoms with van der Waals surface area (Å²) in [5, 5.41) is 0. The summed E-state index contributed by atoms with van der Waals surface area (Å²) in [6, 6.07) is 16.5. The molecule has 0 bridgehead atoms. The average Bonchev–Trinajstić information content (AvgIpc) is 2.88. The van der Waals surface area contributed by atoms with Gasteiger partial charge >= 0.3 is 0 Å². The zero-order chi connectivity index (χ0) is 22.3. The van der Waals surface area contributed by atoms with Gasteiger partial charge in [-0.2, -0.15) is 0 Å². The molecule has 32 heavy (non-hydrogen) atoms. The number of carbonyl (C=O) groups excluding carboxylic acids is 2. The number of rotatable bonds is 4. The molecule has 0 amide bonds. The Kier molecular flexibility index (Phi) is 5.35. The van der Waals surface area contributed by atoms with Crippen LogP contribution in [0.15, 0.2) is 48.5 Å². The Balaban J connectivity index is 1.22. The molecular weight excluding hydrogens is 400 g/mol. The number of hydrogen-bond acceptors (Lipinski definition) is 4. The lowest BCUT2D eigenvalue weighted by Crippen LogP contribution is -2.68. The van der Waals surface area contributed by atoms with Crippen molar-refractivity contribution in [2.24, 2.45) is 10.8 Å². The Morgan fingerprint density at radius 2 is 0.906 bits per heavy atom. The molecular formula is C28H32O4. The highest BCUT2D eigenvalue weighted by atomic mass is 16.5. The summed E-state index contributed by atoms with van der Waals surface area (Å²) in [4.78, 5) is 27.1. The molecule has 0 atom stereocenters. The number of Topliss-reactive ketones (excluding diaryl/α,β-unsaturated/α-hetero) is 2. The molecule has 0 saturated heterocycles. The summed E-state index contributed by atoms with van der Waals surface area (Å²) in [6.07, 6.45) is 6.50. The molecule has 3 aliphatic carbocycles. The predicted molar refractivity (Wildman–Crippen MR) is 123 cm³/mol. The van der Waals surface area contributed by atoms with Crippen LogP contribution in [0.4, 0.5) is 0 Å². The molecule has 168 valence electrons. The summed E-state index contributed by atoms with van der Waals surface area (Å²) >= 11 is 0. The predicted octanol–water partition coefficient (Wildman–Crippen LogP) is 5.84. The molecule has 0 unspecified atom stereocenters. The van der Waals surface area contributed by atoms with Gasteiger partial charge in [-0.25, -0.2) is 0 Å². The third kappa shape index (κ3) is 3.18. The molecule has 0 radical (unpaired) electrons. The molecule has 0 aliphatic heterocycles. The maximum atomic E-state index is 13.5. The lowest BCUT2D eigenvalue weighted by Gasteiger charge is -2.57. The minimum absolute atomic E-state index is 0.261. The molecule has 2 aromatic rings. The Labute approximate surface area is 190 Å². The summed E-state index contributed by atoms with van der Waals surface area (Å²) in [6.45, 7) is 0.